The number of aryl methyl sites for hydroxylation is 3. The van der Waals surface area contributed by atoms with E-state index in [-0.39, 0.29) is 5.91 Å². The van der Waals surface area contributed by atoms with Crippen LogP contribution in [0.15, 0.2) is 12.1 Å². The summed E-state index contributed by atoms with van der Waals surface area (Å²) < 4.78 is 0. The van der Waals surface area contributed by atoms with Crippen molar-refractivity contribution in [3.8, 4) is 0 Å². The van der Waals surface area contributed by atoms with Crippen LogP contribution < -0.4 is 5.32 Å². The third-order valence-corrected chi connectivity index (χ3v) is 3.43. The van der Waals surface area contributed by atoms with Crippen molar-refractivity contribution in [2.24, 2.45) is 0 Å². The lowest BCUT2D eigenvalue weighted by atomic mass is 10.1. The number of anilines is 1. The predicted molar refractivity (Wildman–Crippen MR) is 86.3 cm³/mol. The molecule has 3 heteroatoms. The van der Waals surface area contributed by atoms with Gasteiger partial charge in [-0.25, -0.2) is 0 Å². The van der Waals surface area contributed by atoms with Gasteiger partial charge in [0.1, 0.15) is 0 Å². The number of rotatable bonds is 7. The van der Waals surface area contributed by atoms with E-state index in [0.29, 0.717) is 6.54 Å². The number of nitrogens with one attached hydrogen (secondary N) is 1. The molecule has 1 aromatic rings. The van der Waals surface area contributed by atoms with E-state index in [9.17, 15) is 4.79 Å². The number of nitrogens with zero attached hydrogens (tertiary/aromatic N) is 1. The van der Waals surface area contributed by atoms with Crippen LogP contribution in [-0.4, -0.2) is 30.4 Å². The Morgan fingerprint density at radius 2 is 1.55 bits per heavy atom. The Morgan fingerprint density at radius 3 is 2.00 bits per heavy atom. The summed E-state index contributed by atoms with van der Waals surface area (Å²) in [6.45, 7) is 12.6. The first-order valence-corrected chi connectivity index (χ1v) is 7.59. The summed E-state index contributed by atoms with van der Waals surface area (Å²) in [6, 6.07) is 4.30. The van der Waals surface area contributed by atoms with Crippen molar-refractivity contribution in [2.45, 2.75) is 47.5 Å². The molecule has 112 valence electrons. The van der Waals surface area contributed by atoms with E-state index in [1.54, 1.807) is 0 Å². The summed E-state index contributed by atoms with van der Waals surface area (Å²) >= 11 is 0. The van der Waals surface area contributed by atoms with Crippen molar-refractivity contribution < 1.29 is 4.79 Å². The normalized spacial score (nSPS) is 10.4. The summed E-state index contributed by atoms with van der Waals surface area (Å²) in [4.78, 5) is 14.2. The monoisotopic (exact) mass is 276 g/mol. The first-order valence-electron chi connectivity index (χ1n) is 7.59. The molecule has 0 saturated carbocycles. The molecule has 1 rings (SSSR count). The molecule has 0 aliphatic heterocycles. The Morgan fingerprint density at radius 1 is 1.05 bits per heavy atom. The molecular formula is C17H28N2O. The predicted octanol–water partition coefficient (Wildman–Crippen LogP) is 3.67. The zero-order chi connectivity index (χ0) is 15.1. The van der Waals surface area contributed by atoms with Crippen LogP contribution in [0.3, 0.4) is 0 Å². The van der Waals surface area contributed by atoms with E-state index >= 15 is 0 Å². The average molecular weight is 276 g/mol. The van der Waals surface area contributed by atoms with Crippen LogP contribution in [0.1, 0.15) is 43.4 Å². The molecule has 0 saturated heterocycles. The van der Waals surface area contributed by atoms with Crippen molar-refractivity contribution in [2.75, 3.05) is 25.0 Å². The first-order chi connectivity index (χ1) is 9.49. The van der Waals surface area contributed by atoms with E-state index in [4.69, 9.17) is 0 Å². The lowest BCUT2D eigenvalue weighted by molar-refractivity contribution is -0.129. The smallest absolute Gasteiger partial charge is 0.241 e. The largest absolute Gasteiger partial charge is 0.376 e. The maximum absolute atomic E-state index is 12.2. The fourth-order valence-electron chi connectivity index (χ4n) is 2.64. The molecule has 0 fully saturated rings. The number of benzene rings is 1. The topological polar surface area (TPSA) is 32.3 Å². The number of hydrogen-bond acceptors (Lipinski definition) is 2. The van der Waals surface area contributed by atoms with Crippen molar-refractivity contribution in [3.63, 3.8) is 0 Å². The third kappa shape index (κ3) is 4.55. The quantitative estimate of drug-likeness (QED) is 0.824. The van der Waals surface area contributed by atoms with E-state index < -0.39 is 0 Å². The summed E-state index contributed by atoms with van der Waals surface area (Å²) in [5.41, 5.74) is 4.76. The van der Waals surface area contributed by atoms with Crippen molar-refractivity contribution in [1.29, 1.82) is 0 Å². The van der Waals surface area contributed by atoms with Gasteiger partial charge in [-0.3, -0.25) is 4.79 Å². The van der Waals surface area contributed by atoms with Crippen LogP contribution in [0.4, 0.5) is 5.69 Å². The first kappa shape index (κ1) is 16.5. The van der Waals surface area contributed by atoms with Crippen LogP contribution in [-0.2, 0) is 4.79 Å². The lowest BCUT2D eigenvalue weighted by Gasteiger charge is -2.22. The van der Waals surface area contributed by atoms with Gasteiger partial charge in [0, 0.05) is 18.8 Å². The standard InChI is InChI=1S/C17H28N2O/c1-6-8-19(9-7-2)16(20)12-18-17-14(4)10-13(3)11-15(17)5/h10-11,18H,6-9,12H2,1-5H3. The van der Waals surface area contributed by atoms with Crippen LogP contribution in [0.25, 0.3) is 0 Å². The molecule has 0 atom stereocenters. The van der Waals surface area contributed by atoms with Gasteiger partial charge in [0.05, 0.1) is 6.54 Å². The summed E-state index contributed by atoms with van der Waals surface area (Å²) in [6.07, 6.45) is 2.02. The zero-order valence-electron chi connectivity index (χ0n) is 13.5. The van der Waals surface area contributed by atoms with Crippen molar-refractivity contribution >= 4 is 11.6 Å². The Kier molecular flexibility index (Phi) is 6.56. The molecule has 20 heavy (non-hydrogen) atoms. The SMILES string of the molecule is CCCN(CCC)C(=O)CNc1c(C)cc(C)cc1C. The van der Waals surface area contributed by atoms with Crippen LogP contribution in [0.2, 0.25) is 0 Å². The molecule has 0 heterocycles. The van der Waals surface area contributed by atoms with Crippen LogP contribution in [0.5, 0.6) is 0 Å². The molecular weight excluding hydrogens is 248 g/mol. The van der Waals surface area contributed by atoms with Gasteiger partial charge in [0.2, 0.25) is 5.91 Å². The highest BCUT2D eigenvalue weighted by atomic mass is 16.2. The highest BCUT2D eigenvalue weighted by Crippen LogP contribution is 2.21. The number of carbonyl (C=O) groups is 1. The maximum Gasteiger partial charge on any atom is 0.241 e. The molecule has 0 spiro atoms. The van der Waals surface area contributed by atoms with Gasteiger partial charge in [-0.05, 0) is 44.7 Å². The molecule has 0 aliphatic rings. The van der Waals surface area contributed by atoms with Gasteiger partial charge >= 0.3 is 0 Å². The van der Waals surface area contributed by atoms with E-state index in [2.05, 4.69) is 52.1 Å². The molecule has 0 aliphatic carbocycles. The fraction of sp³-hybridized carbons (Fsp3) is 0.588. The Bertz CT molecular complexity index is 425. The third-order valence-electron chi connectivity index (χ3n) is 3.43. The van der Waals surface area contributed by atoms with Gasteiger partial charge in [-0.1, -0.05) is 31.5 Å². The zero-order valence-corrected chi connectivity index (χ0v) is 13.5. The minimum atomic E-state index is 0.188. The highest BCUT2D eigenvalue weighted by molar-refractivity contribution is 5.81. The van der Waals surface area contributed by atoms with Gasteiger partial charge in [0.25, 0.3) is 0 Å². The van der Waals surface area contributed by atoms with Crippen LogP contribution >= 0.6 is 0 Å². The second kappa shape index (κ2) is 7.93. The molecule has 3 nitrogen and oxygen atoms in total. The van der Waals surface area contributed by atoms with Crippen LogP contribution in [0, 0.1) is 20.8 Å². The molecule has 0 bridgehead atoms. The van der Waals surface area contributed by atoms with E-state index in [1.807, 2.05) is 4.90 Å². The molecule has 1 aromatic carbocycles. The van der Waals surface area contributed by atoms with Gasteiger partial charge < -0.3 is 10.2 Å². The second-order valence-electron chi connectivity index (χ2n) is 5.51. The van der Waals surface area contributed by atoms with Gasteiger partial charge in [0.15, 0.2) is 0 Å². The second-order valence-corrected chi connectivity index (χ2v) is 5.51. The number of hydrogen-bond donors (Lipinski definition) is 1. The molecule has 0 radical (unpaired) electrons. The lowest BCUT2D eigenvalue weighted by Crippen LogP contribution is -2.36. The molecule has 0 unspecified atom stereocenters. The molecule has 1 N–H and O–H groups in total. The van der Waals surface area contributed by atoms with E-state index in [0.717, 1.165) is 31.6 Å². The van der Waals surface area contributed by atoms with Gasteiger partial charge in [-0.2, -0.15) is 0 Å². The van der Waals surface area contributed by atoms with E-state index in [1.165, 1.54) is 16.7 Å². The minimum absolute atomic E-state index is 0.188. The summed E-state index contributed by atoms with van der Waals surface area (Å²) in [7, 11) is 0. The Labute approximate surface area is 123 Å². The minimum Gasteiger partial charge on any atom is -0.376 e. The Hall–Kier alpha value is -1.51. The summed E-state index contributed by atoms with van der Waals surface area (Å²) in [5, 5.41) is 3.31. The maximum atomic E-state index is 12.2. The number of carbonyl (C=O) groups excluding carboxylic acids is 1. The summed E-state index contributed by atoms with van der Waals surface area (Å²) in [5.74, 6) is 0.188. The molecule has 1 amide bonds. The van der Waals surface area contributed by atoms with Crippen molar-refractivity contribution in [3.05, 3.63) is 28.8 Å². The number of amides is 1. The molecule has 0 aromatic heterocycles. The van der Waals surface area contributed by atoms with Crippen molar-refractivity contribution in [1.82, 2.24) is 4.90 Å². The average Bonchev–Trinajstić information content (AvgIpc) is 2.37. The fourth-order valence-corrected chi connectivity index (χ4v) is 2.64. The van der Waals surface area contributed by atoms with Gasteiger partial charge in [-0.15, -0.1) is 0 Å². The highest BCUT2D eigenvalue weighted by Gasteiger charge is 2.12. The Balaban J connectivity index is 2.68.